The third kappa shape index (κ3) is 3.64. The van der Waals surface area contributed by atoms with Crippen LogP contribution in [0.2, 0.25) is 0 Å². The summed E-state index contributed by atoms with van der Waals surface area (Å²) < 4.78 is 3.04. The van der Waals surface area contributed by atoms with Gasteiger partial charge in [0.2, 0.25) is 0 Å². The minimum absolute atomic E-state index is 0.156. The highest BCUT2D eigenvalue weighted by Gasteiger charge is 2.15. The number of hydrogen-bond acceptors (Lipinski definition) is 6. The molecule has 3 rings (SSSR count). The van der Waals surface area contributed by atoms with Crippen molar-refractivity contribution in [2.24, 2.45) is 5.73 Å². The summed E-state index contributed by atoms with van der Waals surface area (Å²) in [4.78, 5) is 23.0. The Labute approximate surface area is 160 Å². The van der Waals surface area contributed by atoms with E-state index in [9.17, 15) is 9.59 Å². The summed E-state index contributed by atoms with van der Waals surface area (Å²) in [5.74, 6) is -0.917. The van der Waals surface area contributed by atoms with E-state index in [0.29, 0.717) is 29.9 Å². The highest BCUT2D eigenvalue weighted by Crippen LogP contribution is 2.20. The van der Waals surface area contributed by atoms with Gasteiger partial charge in [-0.3, -0.25) is 19.0 Å². The second-order valence-corrected chi connectivity index (χ2v) is 6.01. The molecule has 28 heavy (non-hydrogen) atoms. The molecule has 9 nitrogen and oxygen atoms in total. The average Bonchev–Trinajstić information content (AvgIpc) is 3.33. The fourth-order valence-corrected chi connectivity index (χ4v) is 2.69. The summed E-state index contributed by atoms with van der Waals surface area (Å²) in [6.07, 6.45) is 1.75. The van der Waals surface area contributed by atoms with Gasteiger partial charge in [-0.15, -0.1) is 0 Å². The Hall–Kier alpha value is -4.24. The highest BCUT2D eigenvalue weighted by molar-refractivity contribution is 5.97. The van der Waals surface area contributed by atoms with Gasteiger partial charge in [-0.2, -0.15) is 20.7 Å². The van der Waals surface area contributed by atoms with Gasteiger partial charge in [-0.1, -0.05) is 6.07 Å². The molecule has 2 N–H and O–H groups in total. The third-order valence-electron chi connectivity index (χ3n) is 4.13. The van der Waals surface area contributed by atoms with Crippen LogP contribution in [0.4, 0.5) is 0 Å². The second-order valence-electron chi connectivity index (χ2n) is 6.01. The zero-order valence-electron chi connectivity index (χ0n) is 15.0. The molecule has 1 amide bonds. The van der Waals surface area contributed by atoms with E-state index in [1.54, 1.807) is 35.1 Å². The van der Waals surface area contributed by atoms with E-state index < -0.39 is 5.91 Å². The number of aromatic nitrogens is 4. The van der Waals surface area contributed by atoms with Gasteiger partial charge in [0, 0.05) is 24.8 Å². The SMILES string of the molecule is CC(=O)c1cc(C(N)=O)n(CCn2ccc(-c3ccc(C#N)c(C#N)c3)n2)n1. The molecular weight excluding hydrogens is 358 g/mol. The topological polar surface area (TPSA) is 143 Å². The predicted octanol–water partition coefficient (Wildman–Crippen LogP) is 1.49. The van der Waals surface area contributed by atoms with Crippen molar-refractivity contribution in [1.82, 2.24) is 19.6 Å². The first-order valence-corrected chi connectivity index (χ1v) is 8.29. The van der Waals surface area contributed by atoms with Gasteiger partial charge in [-0.05, 0) is 18.2 Å². The Balaban J connectivity index is 1.80. The Morgan fingerprint density at radius 3 is 2.46 bits per heavy atom. The standard InChI is InChI=1S/C19H15N7O2/c1-12(27)17-9-18(19(22)28)26(24-17)7-6-25-5-4-16(23-25)13-2-3-14(10-20)15(8-13)11-21/h2-5,8-9H,6-7H2,1H3,(H2,22,28). The van der Waals surface area contributed by atoms with E-state index in [0.717, 1.165) is 0 Å². The molecule has 2 heterocycles. The van der Waals surface area contributed by atoms with Crippen LogP contribution in [0.25, 0.3) is 11.3 Å². The van der Waals surface area contributed by atoms with Crippen LogP contribution in [-0.2, 0) is 13.1 Å². The number of primary amides is 1. The molecule has 0 saturated carbocycles. The molecule has 3 aromatic rings. The first-order chi connectivity index (χ1) is 13.4. The molecule has 0 atom stereocenters. The number of hydrogen-bond donors (Lipinski definition) is 1. The fraction of sp³-hybridized carbons (Fsp3) is 0.158. The van der Waals surface area contributed by atoms with E-state index in [1.807, 2.05) is 12.1 Å². The monoisotopic (exact) mass is 373 g/mol. The lowest BCUT2D eigenvalue weighted by Crippen LogP contribution is -2.19. The van der Waals surface area contributed by atoms with Crippen molar-refractivity contribution in [3.63, 3.8) is 0 Å². The number of ketones is 1. The maximum atomic E-state index is 11.5. The van der Waals surface area contributed by atoms with Crippen molar-refractivity contribution in [1.29, 1.82) is 10.5 Å². The number of amides is 1. The molecule has 0 aliphatic rings. The van der Waals surface area contributed by atoms with E-state index in [2.05, 4.69) is 10.2 Å². The summed E-state index contributed by atoms with van der Waals surface area (Å²) >= 11 is 0. The summed E-state index contributed by atoms with van der Waals surface area (Å²) in [6, 6.07) is 12.0. The third-order valence-corrected chi connectivity index (χ3v) is 4.13. The molecule has 138 valence electrons. The quantitative estimate of drug-likeness (QED) is 0.648. The van der Waals surface area contributed by atoms with Gasteiger partial charge in [0.1, 0.15) is 23.5 Å². The van der Waals surface area contributed by atoms with Crippen molar-refractivity contribution >= 4 is 11.7 Å². The normalized spacial score (nSPS) is 10.2. The Bertz CT molecular complexity index is 1160. The maximum Gasteiger partial charge on any atom is 0.267 e. The van der Waals surface area contributed by atoms with Crippen LogP contribution in [0.15, 0.2) is 36.5 Å². The van der Waals surface area contributed by atoms with E-state index >= 15 is 0 Å². The lowest BCUT2D eigenvalue weighted by Gasteiger charge is -2.05. The number of carbonyl (C=O) groups is 2. The van der Waals surface area contributed by atoms with Crippen molar-refractivity contribution in [3.05, 3.63) is 59.0 Å². The molecule has 0 aliphatic carbocycles. The average molecular weight is 373 g/mol. The zero-order valence-corrected chi connectivity index (χ0v) is 15.0. The van der Waals surface area contributed by atoms with Crippen molar-refractivity contribution in [3.8, 4) is 23.4 Å². The van der Waals surface area contributed by atoms with Crippen LogP contribution >= 0.6 is 0 Å². The largest absolute Gasteiger partial charge is 0.364 e. The van der Waals surface area contributed by atoms with Crippen molar-refractivity contribution in [2.45, 2.75) is 20.0 Å². The number of nitrogens with two attached hydrogens (primary N) is 1. The number of aryl methyl sites for hydroxylation is 2. The van der Waals surface area contributed by atoms with Crippen LogP contribution < -0.4 is 5.73 Å². The highest BCUT2D eigenvalue weighted by atomic mass is 16.1. The van der Waals surface area contributed by atoms with Gasteiger partial charge >= 0.3 is 0 Å². The van der Waals surface area contributed by atoms with Crippen molar-refractivity contribution < 1.29 is 9.59 Å². The molecule has 2 aromatic heterocycles. The van der Waals surface area contributed by atoms with Crippen LogP contribution in [0.3, 0.4) is 0 Å². The molecule has 0 fully saturated rings. The number of Topliss-reactive ketones (excluding diaryl/α,β-unsaturated/α-hetero) is 1. The van der Waals surface area contributed by atoms with Crippen LogP contribution in [0.1, 0.15) is 39.0 Å². The Kier molecular flexibility index (Phi) is 5.01. The number of nitrogens with zero attached hydrogens (tertiary/aromatic N) is 6. The van der Waals surface area contributed by atoms with Gasteiger partial charge in [0.25, 0.3) is 5.91 Å². The molecule has 0 spiro atoms. The van der Waals surface area contributed by atoms with Gasteiger partial charge < -0.3 is 5.73 Å². The smallest absolute Gasteiger partial charge is 0.267 e. The van der Waals surface area contributed by atoms with Crippen LogP contribution in [0, 0.1) is 22.7 Å². The minimum Gasteiger partial charge on any atom is -0.364 e. The second kappa shape index (κ2) is 7.56. The van der Waals surface area contributed by atoms with Crippen LogP contribution in [0.5, 0.6) is 0 Å². The van der Waals surface area contributed by atoms with E-state index in [-0.39, 0.29) is 22.7 Å². The Morgan fingerprint density at radius 2 is 1.82 bits per heavy atom. The van der Waals surface area contributed by atoms with Gasteiger partial charge in [-0.25, -0.2) is 0 Å². The van der Waals surface area contributed by atoms with Crippen molar-refractivity contribution in [2.75, 3.05) is 0 Å². The molecule has 1 aromatic carbocycles. The lowest BCUT2D eigenvalue weighted by atomic mass is 10.0. The summed E-state index contributed by atoms with van der Waals surface area (Å²) in [5, 5.41) is 26.7. The fourth-order valence-electron chi connectivity index (χ4n) is 2.69. The molecule has 9 heteroatoms. The molecule has 0 aliphatic heterocycles. The number of nitriles is 2. The lowest BCUT2D eigenvalue weighted by molar-refractivity contribution is 0.0986. The molecule has 0 bridgehead atoms. The predicted molar refractivity (Wildman–Crippen MR) is 97.8 cm³/mol. The molecule has 0 saturated heterocycles. The number of benzene rings is 1. The maximum absolute atomic E-state index is 11.5. The zero-order chi connectivity index (χ0) is 20.3. The summed E-state index contributed by atoms with van der Waals surface area (Å²) in [6.45, 7) is 2.05. The minimum atomic E-state index is -0.664. The van der Waals surface area contributed by atoms with Gasteiger partial charge in [0.05, 0.1) is 29.9 Å². The molecular formula is C19H15N7O2. The molecule has 0 radical (unpaired) electrons. The first kappa shape index (κ1) is 18.5. The van der Waals surface area contributed by atoms with E-state index in [1.165, 1.54) is 17.7 Å². The number of carbonyl (C=O) groups excluding carboxylic acids is 2. The van der Waals surface area contributed by atoms with Crippen LogP contribution in [-0.4, -0.2) is 31.3 Å². The molecule has 0 unspecified atom stereocenters. The van der Waals surface area contributed by atoms with E-state index in [4.69, 9.17) is 16.3 Å². The Morgan fingerprint density at radius 1 is 1.07 bits per heavy atom. The first-order valence-electron chi connectivity index (χ1n) is 8.29. The summed E-state index contributed by atoms with van der Waals surface area (Å²) in [5.41, 5.74) is 7.63. The number of rotatable bonds is 6. The summed E-state index contributed by atoms with van der Waals surface area (Å²) in [7, 11) is 0. The van der Waals surface area contributed by atoms with Gasteiger partial charge in [0.15, 0.2) is 5.78 Å².